The molecule has 0 saturated heterocycles. The Labute approximate surface area is 121 Å². The predicted molar refractivity (Wildman–Crippen MR) is 71.9 cm³/mol. The molecule has 0 spiro atoms. The highest BCUT2D eigenvalue weighted by Gasteiger charge is 2.14. The Bertz CT molecular complexity index is 672. The zero-order chi connectivity index (χ0) is 14.7. The van der Waals surface area contributed by atoms with E-state index in [0.717, 1.165) is 4.68 Å². The lowest BCUT2D eigenvalue weighted by molar-refractivity contribution is -0.137. The molecule has 104 valence electrons. The first kappa shape index (κ1) is 14.2. The molecule has 0 atom stereocenters. The zero-order valence-electron chi connectivity index (χ0n) is 10.0. The van der Waals surface area contributed by atoms with Crippen molar-refractivity contribution in [2.45, 2.75) is 6.54 Å². The van der Waals surface area contributed by atoms with E-state index in [1.807, 2.05) is 0 Å². The van der Waals surface area contributed by atoms with Crippen LogP contribution in [0.15, 0.2) is 35.1 Å². The van der Waals surface area contributed by atoms with Gasteiger partial charge in [0.1, 0.15) is 12.4 Å². The number of halogens is 2. The SMILES string of the molecule is O=C(O)Cn1cc(NC(=O)c2cccc(Br)c2F)cn1. The van der Waals surface area contributed by atoms with Crippen molar-refractivity contribution >= 4 is 33.5 Å². The van der Waals surface area contributed by atoms with Gasteiger partial charge in [-0.25, -0.2) is 4.39 Å². The van der Waals surface area contributed by atoms with Crippen LogP contribution >= 0.6 is 15.9 Å². The monoisotopic (exact) mass is 341 g/mol. The van der Waals surface area contributed by atoms with Crippen LogP contribution in [0.25, 0.3) is 0 Å². The first-order valence-corrected chi connectivity index (χ1v) is 6.26. The standard InChI is InChI=1S/C12H9BrFN3O3/c13-9-3-1-2-8(11(9)14)12(20)16-7-4-15-17(5-7)6-10(18)19/h1-5H,6H2,(H,16,20)(H,18,19). The van der Waals surface area contributed by atoms with Crippen molar-refractivity contribution < 1.29 is 19.1 Å². The van der Waals surface area contributed by atoms with Crippen LogP contribution < -0.4 is 5.32 Å². The average molecular weight is 342 g/mol. The van der Waals surface area contributed by atoms with E-state index in [1.54, 1.807) is 0 Å². The van der Waals surface area contributed by atoms with Gasteiger partial charge in [-0.3, -0.25) is 14.3 Å². The molecule has 0 fully saturated rings. The molecule has 1 heterocycles. The molecule has 1 amide bonds. The smallest absolute Gasteiger partial charge is 0.325 e. The number of hydrogen-bond acceptors (Lipinski definition) is 3. The number of carbonyl (C=O) groups is 2. The topological polar surface area (TPSA) is 84.2 Å². The van der Waals surface area contributed by atoms with E-state index in [1.165, 1.54) is 30.6 Å². The lowest BCUT2D eigenvalue weighted by Crippen LogP contribution is -2.13. The van der Waals surface area contributed by atoms with Gasteiger partial charge in [-0.05, 0) is 28.1 Å². The first-order valence-electron chi connectivity index (χ1n) is 5.47. The highest BCUT2D eigenvalue weighted by Crippen LogP contribution is 2.19. The van der Waals surface area contributed by atoms with Gasteiger partial charge in [0.05, 0.1) is 21.9 Å². The van der Waals surface area contributed by atoms with Crippen molar-refractivity contribution in [2.75, 3.05) is 5.32 Å². The summed E-state index contributed by atoms with van der Waals surface area (Å²) in [4.78, 5) is 22.4. The summed E-state index contributed by atoms with van der Waals surface area (Å²) in [5, 5.41) is 14.8. The molecule has 0 saturated carbocycles. The number of carbonyl (C=O) groups excluding carboxylic acids is 1. The molecule has 0 bridgehead atoms. The minimum atomic E-state index is -1.05. The van der Waals surface area contributed by atoms with Crippen LogP contribution in [0.1, 0.15) is 10.4 Å². The Morgan fingerprint density at radius 2 is 2.20 bits per heavy atom. The summed E-state index contributed by atoms with van der Waals surface area (Å²) in [5.74, 6) is -2.36. The quantitative estimate of drug-likeness (QED) is 0.892. The minimum Gasteiger partial charge on any atom is -0.480 e. The van der Waals surface area contributed by atoms with Crippen LogP contribution in [0.2, 0.25) is 0 Å². The van der Waals surface area contributed by atoms with E-state index in [0.29, 0.717) is 0 Å². The number of anilines is 1. The van der Waals surface area contributed by atoms with E-state index in [2.05, 4.69) is 26.3 Å². The third-order valence-electron chi connectivity index (χ3n) is 2.38. The molecule has 6 nitrogen and oxygen atoms in total. The molecule has 0 aliphatic carbocycles. The molecule has 8 heteroatoms. The molecule has 0 aliphatic rings. The highest BCUT2D eigenvalue weighted by molar-refractivity contribution is 9.10. The van der Waals surface area contributed by atoms with E-state index in [9.17, 15) is 14.0 Å². The summed E-state index contributed by atoms with van der Waals surface area (Å²) < 4.78 is 15.1. The number of carboxylic acid groups (broad SMARTS) is 1. The predicted octanol–water partition coefficient (Wildman–Crippen LogP) is 2.12. The number of amides is 1. The average Bonchev–Trinajstić information content (AvgIpc) is 2.79. The molecular formula is C12H9BrFN3O3. The van der Waals surface area contributed by atoms with Gasteiger partial charge in [-0.2, -0.15) is 5.10 Å². The van der Waals surface area contributed by atoms with Crippen molar-refractivity contribution in [3.8, 4) is 0 Å². The van der Waals surface area contributed by atoms with Crippen molar-refractivity contribution in [3.63, 3.8) is 0 Å². The van der Waals surface area contributed by atoms with Crippen LogP contribution in [-0.4, -0.2) is 26.8 Å². The number of aromatic nitrogens is 2. The third-order valence-corrected chi connectivity index (χ3v) is 3.00. The molecule has 0 radical (unpaired) electrons. The number of carboxylic acids is 1. The van der Waals surface area contributed by atoms with Crippen LogP contribution in [0.4, 0.5) is 10.1 Å². The summed E-state index contributed by atoms with van der Waals surface area (Å²) in [5.41, 5.74) is 0.168. The van der Waals surface area contributed by atoms with Gasteiger partial charge in [0, 0.05) is 6.20 Å². The molecule has 0 unspecified atom stereocenters. The van der Waals surface area contributed by atoms with Crippen molar-refractivity contribution in [3.05, 3.63) is 46.4 Å². The summed E-state index contributed by atoms with van der Waals surface area (Å²) in [7, 11) is 0. The second-order valence-corrected chi connectivity index (χ2v) is 4.73. The Kier molecular flexibility index (Phi) is 4.14. The summed E-state index contributed by atoms with van der Waals surface area (Å²) in [6.07, 6.45) is 2.64. The molecular weight excluding hydrogens is 333 g/mol. The maximum absolute atomic E-state index is 13.7. The van der Waals surface area contributed by atoms with E-state index in [-0.39, 0.29) is 22.3 Å². The molecule has 2 rings (SSSR count). The van der Waals surface area contributed by atoms with Crippen LogP contribution in [0.3, 0.4) is 0 Å². The number of nitrogens with zero attached hydrogens (tertiary/aromatic N) is 2. The normalized spacial score (nSPS) is 10.3. The minimum absolute atomic E-state index is 0.120. The Balaban J connectivity index is 2.13. The fraction of sp³-hybridized carbons (Fsp3) is 0.0833. The summed E-state index contributed by atoms with van der Waals surface area (Å²) in [6.45, 7) is -0.318. The van der Waals surface area contributed by atoms with Gasteiger partial charge in [-0.1, -0.05) is 6.07 Å². The second kappa shape index (κ2) is 5.83. The lowest BCUT2D eigenvalue weighted by atomic mass is 10.2. The van der Waals surface area contributed by atoms with Gasteiger partial charge in [0.25, 0.3) is 5.91 Å². The third kappa shape index (κ3) is 3.21. The fourth-order valence-electron chi connectivity index (χ4n) is 1.53. The maximum Gasteiger partial charge on any atom is 0.325 e. The number of hydrogen-bond donors (Lipinski definition) is 2. The molecule has 2 aromatic rings. The molecule has 2 N–H and O–H groups in total. The van der Waals surface area contributed by atoms with E-state index < -0.39 is 17.7 Å². The number of rotatable bonds is 4. The Morgan fingerprint density at radius 1 is 1.45 bits per heavy atom. The van der Waals surface area contributed by atoms with Gasteiger partial charge in [0.2, 0.25) is 0 Å². The van der Waals surface area contributed by atoms with Crippen molar-refractivity contribution in [1.29, 1.82) is 0 Å². The summed E-state index contributed by atoms with van der Waals surface area (Å²) in [6, 6.07) is 4.37. The van der Waals surface area contributed by atoms with Crippen molar-refractivity contribution in [1.82, 2.24) is 9.78 Å². The first-order chi connectivity index (χ1) is 9.47. The Morgan fingerprint density at radius 3 is 2.90 bits per heavy atom. The van der Waals surface area contributed by atoms with Crippen LogP contribution in [0, 0.1) is 5.82 Å². The van der Waals surface area contributed by atoms with Gasteiger partial charge >= 0.3 is 5.97 Å². The van der Waals surface area contributed by atoms with Crippen LogP contribution in [-0.2, 0) is 11.3 Å². The Hall–Kier alpha value is -2.22. The van der Waals surface area contributed by atoms with Crippen molar-refractivity contribution in [2.24, 2.45) is 0 Å². The maximum atomic E-state index is 13.7. The summed E-state index contributed by atoms with van der Waals surface area (Å²) >= 11 is 2.99. The van der Waals surface area contributed by atoms with Gasteiger partial charge in [-0.15, -0.1) is 0 Å². The molecule has 0 aliphatic heterocycles. The van der Waals surface area contributed by atoms with Gasteiger partial charge < -0.3 is 10.4 Å². The highest BCUT2D eigenvalue weighted by atomic mass is 79.9. The van der Waals surface area contributed by atoms with Crippen LogP contribution in [0.5, 0.6) is 0 Å². The molecule has 1 aromatic carbocycles. The number of nitrogens with one attached hydrogen (secondary N) is 1. The van der Waals surface area contributed by atoms with E-state index >= 15 is 0 Å². The zero-order valence-corrected chi connectivity index (χ0v) is 11.6. The molecule has 20 heavy (non-hydrogen) atoms. The van der Waals surface area contributed by atoms with E-state index in [4.69, 9.17) is 5.11 Å². The second-order valence-electron chi connectivity index (χ2n) is 3.88. The molecule has 1 aromatic heterocycles. The lowest BCUT2D eigenvalue weighted by Gasteiger charge is -2.04. The number of benzene rings is 1. The number of aliphatic carboxylic acids is 1. The van der Waals surface area contributed by atoms with Gasteiger partial charge in [0.15, 0.2) is 0 Å². The largest absolute Gasteiger partial charge is 0.480 e. The fourth-order valence-corrected chi connectivity index (χ4v) is 1.90.